The van der Waals surface area contributed by atoms with E-state index < -0.39 is 0 Å². The van der Waals surface area contributed by atoms with Crippen molar-refractivity contribution in [1.82, 2.24) is 0 Å². The number of halogens is 1. The summed E-state index contributed by atoms with van der Waals surface area (Å²) >= 11 is 5.82. The van der Waals surface area contributed by atoms with Gasteiger partial charge in [-0.25, -0.2) is 0 Å². The van der Waals surface area contributed by atoms with E-state index in [-0.39, 0.29) is 16.7 Å². The van der Waals surface area contributed by atoms with E-state index in [0.717, 1.165) is 6.29 Å². The lowest BCUT2D eigenvalue weighted by molar-refractivity contribution is -0.108. The Balaban J connectivity index is 3.14. The first-order chi connectivity index (χ1) is 7.10. The Hall–Kier alpha value is -1.22. The van der Waals surface area contributed by atoms with Gasteiger partial charge in [-0.1, -0.05) is 18.5 Å². The zero-order valence-electron chi connectivity index (χ0n) is 8.66. The third-order valence-corrected chi connectivity index (χ3v) is 2.57. The highest BCUT2D eigenvalue weighted by Gasteiger charge is 2.14. The summed E-state index contributed by atoms with van der Waals surface area (Å²) < 4.78 is 5.04. The monoisotopic (exact) mass is 228 g/mol. The van der Waals surface area contributed by atoms with Crippen LogP contribution < -0.4 is 4.74 Å². The lowest BCUT2D eigenvalue weighted by Crippen LogP contribution is -1.96. The molecular formula is C11H13ClO3. The Bertz CT molecular complexity index is 363. The molecule has 3 nitrogen and oxygen atoms in total. The molecule has 0 aliphatic carbocycles. The lowest BCUT2D eigenvalue weighted by Gasteiger charge is -2.13. The molecule has 0 radical (unpaired) electrons. The first kappa shape index (κ1) is 11.9. The average molecular weight is 229 g/mol. The number of benzene rings is 1. The number of aldehydes is 1. The summed E-state index contributed by atoms with van der Waals surface area (Å²) in [6, 6.07) is 3.23. The van der Waals surface area contributed by atoms with Crippen LogP contribution >= 0.6 is 11.6 Å². The second kappa shape index (κ2) is 5.03. The van der Waals surface area contributed by atoms with Crippen molar-refractivity contribution < 1.29 is 14.6 Å². The lowest BCUT2D eigenvalue weighted by atomic mass is 9.97. The summed E-state index contributed by atoms with van der Waals surface area (Å²) in [5, 5.41) is 9.95. The molecule has 0 amide bonds. The fourth-order valence-corrected chi connectivity index (χ4v) is 1.58. The number of phenols is 1. The maximum absolute atomic E-state index is 10.4. The third kappa shape index (κ3) is 2.63. The van der Waals surface area contributed by atoms with E-state index in [1.54, 1.807) is 6.07 Å². The summed E-state index contributed by atoms with van der Waals surface area (Å²) in [6.07, 6.45) is 1.16. The van der Waals surface area contributed by atoms with E-state index in [2.05, 4.69) is 0 Å². The molecule has 0 aliphatic rings. The van der Waals surface area contributed by atoms with Crippen LogP contribution in [0.1, 0.15) is 24.8 Å². The van der Waals surface area contributed by atoms with Crippen LogP contribution in [0.5, 0.6) is 11.5 Å². The van der Waals surface area contributed by atoms with Crippen molar-refractivity contribution in [3.8, 4) is 11.5 Å². The van der Waals surface area contributed by atoms with Gasteiger partial charge in [-0.2, -0.15) is 0 Å². The molecule has 0 aliphatic heterocycles. The number of carbonyl (C=O) groups is 1. The highest BCUT2D eigenvalue weighted by Crippen LogP contribution is 2.37. The van der Waals surface area contributed by atoms with Gasteiger partial charge in [0, 0.05) is 18.1 Å². The SMILES string of the molecule is COc1cc(Cl)c(O)c(C(C)CC=O)c1. The molecule has 1 N–H and O–H groups in total. The standard InChI is InChI=1S/C11H13ClO3/c1-7(3-4-13)9-5-8(15-2)6-10(12)11(9)14/h4-7,14H,3H2,1-2H3. The molecular weight excluding hydrogens is 216 g/mol. The van der Waals surface area contributed by atoms with Crippen LogP contribution in [0.25, 0.3) is 0 Å². The van der Waals surface area contributed by atoms with Gasteiger partial charge in [0.05, 0.1) is 12.1 Å². The van der Waals surface area contributed by atoms with Gasteiger partial charge in [0.1, 0.15) is 17.8 Å². The van der Waals surface area contributed by atoms with Crippen LogP contribution in [0.4, 0.5) is 0 Å². The second-order valence-corrected chi connectivity index (χ2v) is 3.76. The fraction of sp³-hybridized carbons (Fsp3) is 0.364. The minimum absolute atomic E-state index is 0.0202. The molecule has 82 valence electrons. The summed E-state index contributed by atoms with van der Waals surface area (Å²) in [5.74, 6) is 0.521. The largest absolute Gasteiger partial charge is 0.506 e. The zero-order valence-corrected chi connectivity index (χ0v) is 9.41. The van der Waals surface area contributed by atoms with Crippen molar-refractivity contribution in [3.05, 3.63) is 22.7 Å². The number of aromatic hydroxyl groups is 1. The molecule has 1 aromatic carbocycles. The predicted octanol–water partition coefficient (Wildman–Crippen LogP) is 2.75. The van der Waals surface area contributed by atoms with Crippen LogP contribution in [0.3, 0.4) is 0 Å². The number of carbonyl (C=O) groups excluding carboxylic acids is 1. The Morgan fingerprint density at radius 1 is 1.60 bits per heavy atom. The van der Waals surface area contributed by atoms with Crippen molar-refractivity contribution in [2.45, 2.75) is 19.3 Å². The summed E-state index contributed by atoms with van der Waals surface area (Å²) in [7, 11) is 1.52. The summed E-state index contributed by atoms with van der Waals surface area (Å²) in [4.78, 5) is 10.4. The Morgan fingerprint density at radius 2 is 2.27 bits per heavy atom. The van der Waals surface area contributed by atoms with Crippen molar-refractivity contribution in [3.63, 3.8) is 0 Å². The predicted molar refractivity (Wildman–Crippen MR) is 58.8 cm³/mol. The highest BCUT2D eigenvalue weighted by atomic mass is 35.5. The van der Waals surface area contributed by atoms with Crippen LogP contribution in [0.15, 0.2) is 12.1 Å². The molecule has 15 heavy (non-hydrogen) atoms. The number of phenolic OH excluding ortho intramolecular Hbond substituents is 1. The number of hydrogen-bond acceptors (Lipinski definition) is 3. The second-order valence-electron chi connectivity index (χ2n) is 3.35. The summed E-state index contributed by atoms with van der Waals surface area (Å²) in [6.45, 7) is 1.85. The quantitative estimate of drug-likeness (QED) is 0.806. The van der Waals surface area contributed by atoms with Gasteiger partial charge >= 0.3 is 0 Å². The van der Waals surface area contributed by atoms with E-state index in [1.807, 2.05) is 6.92 Å². The molecule has 0 spiro atoms. The van der Waals surface area contributed by atoms with Crippen LogP contribution in [-0.4, -0.2) is 18.5 Å². The van der Waals surface area contributed by atoms with E-state index in [0.29, 0.717) is 17.7 Å². The van der Waals surface area contributed by atoms with Gasteiger partial charge in [0.2, 0.25) is 0 Å². The van der Waals surface area contributed by atoms with E-state index in [4.69, 9.17) is 16.3 Å². The van der Waals surface area contributed by atoms with Gasteiger partial charge in [0.25, 0.3) is 0 Å². The van der Waals surface area contributed by atoms with Gasteiger partial charge in [0.15, 0.2) is 0 Å². The normalized spacial score (nSPS) is 12.2. The third-order valence-electron chi connectivity index (χ3n) is 2.28. The molecule has 0 heterocycles. The maximum atomic E-state index is 10.4. The van der Waals surface area contributed by atoms with Gasteiger partial charge in [-0.05, 0) is 12.0 Å². The fourth-order valence-electron chi connectivity index (χ4n) is 1.36. The van der Waals surface area contributed by atoms with Crippen molar-refractivity contribution >= 4 is 17.9 Å². The van der Waals surface area contributed by atoms with Crippen molar-refractivity contribution in [2.75, 3.05) is 7.11 Å². The number of methoxy groups -OCH3 is 1. The van der Waals surface area contributed by atoms with Crippen molar-refractivity contribution in [1.29, 1.82) is 0 Å². The first-order valence-electron chi connectivity index (χ1n) is 4.60. The van der Waals surface area contributed by atoms with Crippen LogP contribution in [0, 0.1) is 0 Å². The smallest absolute Gasteiger partial charge is 0.137 e. The molecule has 1 unspecified atom stereocenters. The number of rotatable bonds is 4. The van der Waals surface area contributed by atoms with Gasteiger partial charge in [-0.3, -0.25) is 0 Å². The molecule has 1 atom stereocenters. The van der Waals surface area contributed by atoms with Gasteiger partial charge < -0.3 is 14.6 Å². The molecule has 4 heteroatoms. The molecule has 0 saturated carbocycles. The van der Waals surface area contributed by atoms with E-state index in [1.165, 1.54) is 13.2 Å². The minimum Gasteiger partial charge on any atom is -0.506 e. The first-order valence-corrected chi connectivity index (χ1v) is 4.98. The molecule has 1 rings (SSSR count). The topological polar surface area (TPSA) is 46.5 Å². The number of ether oxygens (including phenoxy) is 1. The maximum Gasteiger partial charge on any atom is 0.137 e. The van der Waals surface area contributed by atoms with E-state index >= 15 is 0 Å². The Labute approximate surface area is 93.6 Å². The Kier molecular flexibility index (Phi) is 3.97. The average Bonchev–Trinajstić information content (AvgIpc) is 2.22. The Morgan fingerprint density at radius 3 is 2.80 bits per heavy atom. The van der Waals surface area contributed by atoms with E-state index in [9.17, 15) is 9.90 Å². The summed E-state index contributed by atoms with van der Waals surface area (Å²) in [5.41, 5.74) is 0.631. The van der Waals surface area contributed by atoms with Crippen LogP contribution in [0.2, 0.25) is 5.02 Å². The van der Waals surface area contributed by atoms with Crippen LogP contribution in [-0.2, 0) is 4.79 Å². The molecule has 1 aromatic rings. The van der Waals surface area contributed by atoms with Crippen molar-refractivity contribution in [2.24, 2.45) is 0 Å². The molecule has 0 fully saturated rings. The van der Waals surface area contributed by atoms with Gasteiger partial charge in [-0.15, -0.1) is 0 Å². The molecule has 0 bridgehead atoms. The number of hydrogen-bond donors (Lipinski definition) is 1. The minimum atomic E-state index is -0.0740. The zero-order chi connectivity index (χ0) is 11.4. The molecule has 0 aromatic heterocycles. The highest BCUT2D eigenvalue weighted by molar-refractivity contribution is 6.32. The molecule has 0 saturated heterocycles.